The molecule has 8 N–H and O–H groups in total. The number of phenols is 1. The molecular formula is C13H16N4O. The van der Waals surface area contributed by atoms with Gasteiger partial charge in [0.15, 0.2) is 0 Å². The number of hydrogen-bond acceptors (Lipinski definition) is 5. The van der Waals surface area contributed by atoms with E-state index >= 15 is 0 Å². The Balaban J connectivity index is 2.11. The van der Waals surface area contributed by atoms with Gasteiger partial charge in [-0.25, -0.2) is 0 Å². The molecule has 0 heterocycles. The number of nitrogen functional groups attached to an aromatic ring is 3. The van der Waals surface area contributed by atoms with Crippen LogP contribution >= 0.6 is 0 Å². The minimum Gasteiger partial charge on any atom is -0.506 e. The van der Waals surface area contributed by atoms with Crippen LogP contribution in [0.2, 0.25) is 0 Å². The summed E-state index contributed by atoms with van der Waals surface area (Å²) < 4.78 is 0. The third kappa shape index (κ3) is 2.57. The van der Waals surface area contributed by atoms with Gasteiger partial charge in [-0.15, -0.1) is 0 Å². The van der Waals surface area contributed by atoms with E-state index in [0.29, 0.717) is 23.6 Å². The van der Waals surface area contributed by atoms with Gasteiger partial charge in [-0.3, -0.25) is 0 Å². The first kappa shape index (κ1) is 11.9. The van der Waals surface area contributed by atoms with Gasteiger partial charge in [0.25, 0.3) is 0 Å². The van der Waals surface area contributed by atoms with Gasteiger partial charge in [-0.2, -0.15) is 0 Å². The first-order chi connectivity index (χ1) is 8.56. The van der Waals surface area contributed by atoms with Crippen molar-refractivity contribution in [2.75, 3.05) is 22.5 Å². The van der Waals surface area contributed by atoms with Crippen LogP contribution in [0.3, 0.4) is 0 Å². The summed E-state index contributed by atoms with van der Waals surface area (Å²) in [7, 11) is 0. The lowest BCUT2D eigenvalue weighted by molar-refractivity contribution is 0.478. The number of anilines is 4. The molecule has 0 amide bonds. The zero-order chi connectivity index (χ0) is 13.1. The molecule has 0 atom stereocenters. The number of phenolic OH excluding ortho intramolecular Hbond substituents is 1. The van der Waals surface area contributed by atoms with Crippen molar-refractivity contribution in [3.05, 3.63) is 42.0 Å². The molecule has 94 valence electrons. The maximum Gasteiger partial charge on any atom is 0.138 e. The Morgan fingerprint density at radius 1 is 0.944 bits per heavy atom. The Hall–Kier alpha value is -2.56. The lowest BCUT2D eigenvalue weighted by Crippen LogP contribution is -2.04. The standard InChI is InChI=1S/C13H16N4O/c14-9-1-3-11(15)8(5-9)7-17-10-2-4-13(18)12(16)6-10/h1-6,17-18H,7,14-16H2. The molecule has 0 saturated heterocycles. The Morgan fingerprint density at radius 2 is 1.72 bits per heavy atom. The largest absolute Gasteiger partial charge is 0.506 e. The second-order valence-electron chi connectivity index (χ2n) is 4.09. The van der Waals surface area contributed by atoms with Gasteiger partial charge in [-0.05, 0) is 42.0 Å². The second kappa shape index (κ2) is 4.75. The van der Waals surface area contributed by atoms with Gasteiger partial charge in [0.1, 0.15) is 5.75 Å². The molecule has 2 rings (SSSR count). The smallest absolute Gasteiger partial charge is 0.138 e. The van der Waals surface area contributed by atoms with Crippen LogP contribution in [0.15, 0.2) is 36.4 Å². The van der Waals surface area contributed by atoms with E-state index in [2.05, 4.69) is 5.32 Å². The van der Waals surface area contributed by atoms with Gasteiger partial charge >= 0.3 is 0 Å². The van der Waals surface area contributed by atoms with Crippen LogP contribution in [0.4, 0.5) is 22.7 Å². The maximum absolute atomic E-state index is 9.32. The molecule has 0 aliphatic rings. The predicted molar refractivity (Wildman–Crippen MR) is 75.1 cm³/mol. The highest BCUT2D eigenvalue weighted by molar-refractivity contribution is 5.62. The molecule has 18 heavy (non-hydrogen) atoms. The number of nitrogens with one attached hydrogen (secondary N) is 1. The van der Waals surface area contributed by atoms with Gasteiger partial charge in [0.2, 0.25) is 0 Å². The second-order valence-corrected chi connectivity index (χ2v) is 4.09. The molecular weight excluding hydrogens is 228 g/mol. The molecule has 0 spiro atoms. The van der Waals surface area contributed by atoms with E-state index in [0.717, 1.165) is 11.3 Å². The van der Waals surface area contributed by atoms with E-state index in [9.17, 15) is 5.11 Å². The minimum absolute atomic E-state index is 0.0732. The Kier molecular flexibility index (Phi) is 3.14. The number of rotatable bonds is 3. The highest BCUT2D eigenvalue weighted by Gasteiger charge is 2.02. The van der Waals surface area contributed by atoms with Crippen LogP contribution < -0.4 is 22.5 Å². The van der Waals surface area contributed by atoms with Crippen molar-refractivity contribution in [3.8, 4) is 5.75 Å². The van der Waals surface area contributed by atoms with Crippen molar-refractivity contribution in [1.29, 1.82) is 0 Å². The van der Waals surface area contributed by atoms with Crippen molar-refractivity contribution in [2.24, 2.45) is 0 Å². The highest BCUT2D eigenvalue weighted by Crippen LogP contribution is 2.24. The SMILES string of the molecule is Nc1ccc(N)c(CNc2ccc(O)c(N)c2)c1. The molecule has 0 radical (unpaired) electrons. The number of hydrogen-bond donors (Lipinski definition) is 5. The molecule has 5 heteroatoms. The van der Waals surface area contributed by atoms with E-state index in [-0.39, 0.29) is 5.75 Å². The molecule has 0 aliphatic carbocycles. The summed E-state index contributed by atoms with van der Waals surface area (Å²) in [4.78, 5) is 0. The fourth-order valence-corrected chi connectivity index (χ4v) is 1.64. The molecule has 2 aromatic carbocycles. The third-order valence-corrected chi connectivity index (χ3v) is 2.68. The average molecular weight is 244 g/mol. The minimum atomic E-state index is 0.0732. The van der Waals surface area contributed by atoms with E-state index in [4.69, 9.17) is 17.2 Å². The van der Waals surface area contributed by atoms with Crippen LogP contribution in [0.25, 0.3) is 0 Å². The lowest BCUT2D eigenvalue weighted by Gasteiger charge is -2.10. The average Bonchev–Trinajstić information content (AvgIpc) is 2.34. The fourth-order valence-electron chi connectivity index (χ4n) is 1.64. The topological polar surface area (TPSA) is 110 Å². The molecule has 0 aromatic heterocycles. The van der Waals surface area contributed by atoms with Crippen LogP contribution in [0, 0.1) is 0 Å². The number of nitrogens with two attached hydrogens (primary N) is 3. The summed E-state index contributed by atoms with van der Waals surface area (Å²) in [6.45, 7) is 0.543. The van der Waals surface area contributed by atoms with E-state index in [1.807, 2.05) is 6.07 Å². The van der Waals surface area contributed by atoms with Crippen molar-refractivity contribution in [2.45, 2.75) is 6.54 Å². The van der Waals surface area contributed by atoms with Crippen molar-refractivity contribution >= 4 is 22.7 Å². The molecule has 5 nitrogen and oxygen atoms in total. The molecule has 0 bridgehead atoms. The highest BCUT2D eigenvalue weighted by atomic mass is 16.3. The zero-order valence-corrected chi connectivity index (χ0v) is 9.85. The summed E-state index contributed by atoms with van der Waals surface area (Å²) in [5.74, 6) is 0.0732. The van der Waals surface area contributed by atoms with E-state index in [1.54, 1.807) is 30.3 Å². The van der Waals surface area contributed by atoms with Crippen LogP contribution in [0.1, 0.15) is 5.56 Å². The van der Waals surface area contributed by atoms with Crippen LogP contribution in [-0.2, 0) is 6.54 Å². The van der Waals surface area contributed by atoms with Gasteiger partial charge < -0.3 is 27.6 Å². The van der Waals surface area contributed by atoms with Crippen molar-refractivity contribution < 1.29 is 5.11 Å². The number of aromatic hydroxyl groups is 1. The molecule has 2 aromatic rings. The van der Waals surface area contributed by atoms with E-state index < -0.39 is 0 Å². The van der Waals surface area contributed by atoms with Crippen molar-refractivity contribution in [3.63, 3.8) is 0 Å². The molecule has 0 saturated carbocycles. The zero-order valence-electron chi connectivity index (χ0n) is 9.85. The van der Waals surface area contributed by atoms with Crippen LogP contribution in [0.5, 0.6) is 5.75 Å². The summed E-state index contributed by atoms with van der Waals surface area (Å²) in [6.07, 6.45) is 0. The third-order valence-electron chi connectivity index (χ3n) is 2.68. The molecule has 0 unspecified atom stereocenters. The lowest BCUT2D eigenvalue weighted by atomic mass is 10.1. The monoisotopic (exact) mass is 244 g/mol. The fraction of sp³-hybridized carbons (Fsp3) is 0.0769. The Labute approximate surface area is 105 Å². The Bertz CT molecular complexity index is 569. The Morgan fingerprint density at radius 3 is 2.44 bits per heavy atom. The summed E-state index contributed by atoms with van der Waals surface area (Å²) in [6, 6.07) is 10.3. The van der Waals surface area contributed by atoms with E-state index in [1.165, 1.54) is 0 Å². The van der Waals surface area contributed by atoms with Crippen LogP contribution in [-0.4, -0.2) is 5.11 Å². The first-order valence-electron chi connectivity index (χ1n) is 5.52. The molecule has 0 aliphatic heterocycles. The summed E-state index contributed by atoms with van der Waals surface area (Å²) >= 11 is 0. The normalized spacial score (nSPS) is 10.2. The maximum atomic E-state index is 9.32. The van der Waals surface area contributed by atoms with Gasteiger partial charge in [0, 0.05) is 23.6 Å². The molecule has 0 fully saturated rings. The first-order valence-corrected chi connectivity index (χ1v) is 5.52. The van der Waals surface area contributed by atoms with Crippen molar-refractivity contribution in [1.82, 2.24) is 0 Å². The van der Waals surface area contributed by atoms with Gasteiger partial charge in [0.05, 0.1) is 5.69 Å². The summed E-state index contributed by atoms with van der Waals surface area (Å²) in [5, 5.41) is 12.5. The van der Waals surface area contributed by atoms with Gasteiger partial charge in [-0.1, -0.05) is 0 Å². The number of benzene rings is 2. The quantitative estimate of drug-likeness (QED) is 0.321. The summed E-state index contributed by atoms with van der Waals surface area (Å²) in [5.41, 5.74) is 20.6. The predicted octanol–water partition coefficient (Wildman–Crippen LogP) is 1.75.